The fourth-order valence-corrected chi connectivity index (χ4v) is 4.55. The van der Waals surface area contributed by atoms with Crippen molar-refractivity contribution in [2.45, 2.75) is 0 Å². The Kier molecular flexibility index (Phi) is 2.49. The van der Waals surface area contributed by atoms with Gasteiger partial charge in [0.15, 0.2) is 0 Å². The first-order valence-electron chi connectivity index (χ1n) is 7.11. The number of rotatable bonds is 0. The summed E-state index contributed by atoms with van der Waals surface area (Å²) in [5.41, 5.74) is 0.999. The highest BCUT2D eigenvalue weighted by molar-refractivity contribution is 7.26. The van der Waals surface area contributed by atoms with Gasteiger partial charge in [-0.15, -0.1) is 11.3 Å². The van der Waals surface area contributed by atoms with Gasteiger partial charge in [0.2, 0.25) is 0 Å². The van der Waals surface area contributed by atoms with Crippen molar-refractivity contribution in [1.29, 1.82) is 0 Å². The van der Waals surface area contributed by atoms with Crippen molar-refractivity contribution in [2.75, 3.05) is 0 Å². The van der Waals surface area contributed by atoms with Crippen molar-refractivity contribution in [3.8, 4) is 0 Å². The Balaban J connectivity index is 2.13. The number of nitrogens with zero attached hydrogens (tertiary/aromatic N) is 1. The van der Waals surface area contributed by atoms with Gasteiger partial charge in [-0.1, -0.05) is 60.1 Å². The maximum atomic E-state index is 6.45. The number of benzene rings is 3. The zero-order valence-electron chi connectivity index (χ0n) is 11.5. The van der Waals surface area contributed by atoms with Gasteiger partial charge in [-0.25, -0.2) is 4.98 Å². The largest absolute Gasteiger partial charge is 0.235 e. The third-order valence-corrected chi connectivity index (χ3v) is 5.59. The second kappa shape index (κ2) is 4.42. The number of fused-ring (bicyclic) bond motifs is 7. The molecular formula is C19H10ClNS. The van der Waals surface area contributed by atoms with Crippen molar-refractivity contribution >= 4 is 64.8 Å². The van der Waals surface area contributed by atoms with Gasteiger partial charge >= 0.3 is 0 Å². The maximum Gasteiger partial charge on any atom is 0.137 e. The molecule has 3 heteroatoms. The lowest BCUT2D eigenvalue weighted by Gasteiger charge is -2.06. The Hall–Kier alpha value is -2.16. The summed E-state index contributed by atoms with van der Waals surface area (Å²) in [6, 6.07) is 21.0. The van der Waals surface area contributed by atoms with E-state index in [4.69, 9.17) is 16.6 Å². The molecule has 5 rings (SSSR count). The molecule has 0 radical (unpaired) electrons. The second-order valence-electron chi connectivity index (χ2n) is 5.38. The van der Waals surface area contributed by atoms with Crippen LogP contribution in [0.3, 0.4) is 0 Å². The number of halogens is 1. The van der Waals surface area contributed by atoms with Crippen LogP contribution in [0.15, 0.2) is 60.7 Å². The minimum absolute atomic E-state index is 0.575. The number of pyridine rings is 1. The van der Waals surface area contributed by atoms with Gasteiger partial charge in [0.25, 0.3) is 0 Å². The van der Waals surface area contributed by atoms with Crippen LogP contribution >= 0.6 is 22.9 Å². The van der Waals surface area contributed by atoms with E-state index in [0.717, 1.165) is 21.7 Å². The Morgan fingerprint density at radius 3 is 2.27 bits per heavy atom. The molecule has 0 aliphatic carbocycles. The van der Waals surface area contributed by atoms with Crippen LogP contribution in [-0.4, -0.2) is 4.98 Å². The first-order chi connectivity index (χ1) is 10.8. The van der Waals surface area contributed by atoms with Gasteiger partial charge in [0.05, 0.1) is 5.52 Å². The van der Waals surface area contributed by atoms with Crippen molar-refractivity contribution in [2.24, 2.45) is 0 Å². The van der Waals surface area contributed by atoms with E-state index in [1.165, 1.54) is 20.2 Å². The highest BCUT2D eigenvalue weighted by Gasteiger charge is 2.13. The number of hydrogen-bond donors (Lipinski definition) is 0. The van der Waals surface area contributed by atoms with Crippen LogP contribution in [0.4, 0.5) is 0 Å². The lowest BCUT2D eigenvalue weighted by molar-refractivity contribution is 1.46. The molecule has 5 aromatic rings. The quantitative estimate of drug-likeness (QED) is 0.237. The van der Waals surface area contributed by atoms with E-state index in [1.54, 1.807) is 11.3 Å². The van der Waals surface area contributed by atoms with Gasteiger partial charge < -0.3 is 0 Å². The summed E-state index contributed by atoms with van der Waals surface area (Å²) in [5.74, 6) is 0. The third kappa shape index (κ3) is 1.57. The van der Waals surface area contributed by atoms with E-state index in [-0.39, 0.29) is 0 Å². The molecule has 0 saturated carbocycles. The Morgan fingerprint density at radius 1 is 0.682 bits per heavy atom. The summed E-state index contributed by atoms with van der Waals surface area (Å²) >= 11 is 8.25. The number of aromatic nitrogens is 1. The molecular weight excluding hydrogens is 310 g/mol. The van der Waals surface area contributed by atoms with E-state index in [2.05, 4.69) is 42.5 Å². The zero-order valence-corrected chi connectivity index (χ0v) is 13.1. The summed E-state index contributed by atoms with van der Waals surface area (Å²) in [6.07, 6.45) is 0. The first kappa shape index (κ1) is 12.4. The molecule has 2 aromatic heterocycles. The Labute approximate surface area is 135 Å². The highest BCUT2D eigenvalue weighted by atomic mass is 35.5. The van der Waals surface area contributed by atoms with Crippen LogP contribution < -0.4 is 0 Å². The highest BCUT2D eigenvalue weighted by Crippen LogP contribution is 2.40. The summed E-state index contributed by atoms with van der Waals surface area (Å²) in [5, 5.41) is 6.38. The smallest absolute Gasteiger partial charge is 0.137 e. The monoisotopic (exact) mass is 319 g/mol. The lowest BCUT2D eigenvalue weighted by atomic mass is 10.0. The third-order valence-electron chi connectivity index (χ3n) is 4.17. The molecule has 0 aliphatic rings. The normalized spacial score (nSPS) is 11.9. The fraction of sp³-hybridized carbons (Fsp3) is 0. The predicted octanol–water partition coefficient (Wildman–Crippen LogP) is 6.41. The summed E-state index contributed by atoms with van der Waals surface area (Å²) in [7, 11) is 0. The molecule has 0 saturated heterocycles. The molecule has 1 nitrogen and oxygen atoms in total. The van der Waals surface area contributed by atoms with Crippen molar-refractivity contribution in [3.05, 3.63) is 65.8 Å². The van der Waals surface area contributed by atoms with Crippen LogP contribution in [0, 0.1) is 0 Å². The van der Waals surface area contributed by atoms with E-state index in [1.807, 2.05) is 18.2 Å². The van der Waals surface area contributed by atoms with E-state index in [0.29, 0.717) is 5.15 Å². The molecule has 104 valence electrons. The molecule has 0 amide bonds. The lowest BCUT2D eigenvalue weighted by Crippen LogP contribution is -1.85. The van der Waals surface area contributed by atoms with Gasteiger partial charge in [-0.2, -0.15) is 0 Å². The molecule has 0 fully saturated rings. The Morgan fingerprint density at radius 2 is 1.41 bits per heavy atom. The second-order valence-corrected chi connectivity index (χ2v) is 6.82. The van der Waals surface area contributed by atoms with Gasteiger partial charge in [-0.3, -0.25) is 0 Å². The molecule has 22 heavy (non-hydrogen) atoms. The van der Waals surface area contributed by atoms with E-state index < -0.39 is 0 Å². The van der Waals surface area contributed by atoms with Gasteiger partial charge in [0, 0.05) is 30.9 Å². The molecule has 0 aliphatic heterocycles. The minimum Gasteiger partial charge on any atom is -0.235 e. The number of thiophene rings is 1. The summed E-state index contributed by atoms with van der Waals surface area (Å²) < 4.78 is 2.55. The van der Waals surface area contributed by atoms with Crippen LogP contribution in [0.5, 0.6) is 0 Å². The molecule has 0 spiro atoms. The fourth-order valence-electron chi connectivity index (χ4n) is 3.19. The average Bonchev–Trinajstić information content (AvgIpc) is 2.94. The standard InChI is InChI=1S/C19H10ClNS/c20-19-13-6-2-1-5-11(13)12-9-10-16-17(18(12)21-19)14-7-3-4-8-15(14)22-16/h1-10H. The summed E-state index contributed by atoms with van der Waals surface area (Å²) in [4.78, 5) is 4.73. The molecule has 0 unspecified atom stereocenters. The van der Waals surface area contributed by atoms with Crippen LogP contribution in [0.2, 0.25) is 5.15 Å². The van der Waals surface area contributed by atoms with Crippen molar-refractivity contribution in [1.82, 2.24) is 4.98 Å². The molecule has 0 bridgehead atoms. The topological polar surface area (TPSA) is 12.9 Å². The van der Waals surface area contributed by atoms with Crippen molar-refractivity contribution < 1.29 is 0 Å². The predicted molar refractivity (Wildman–Crippen MR) is 97.1 cm³/mol. The van der Waals surface area contributed by atoms with Crippen LogP contribution in [0.25, 0.3) is 41.8 Å². The molecule has 0 N–H and O–H groups in total. The maximum absolute atomic E-state index is 6.45. The minimum atomic E-state index is 0.575. The molecule has 0 atom stereocenters. The average molecular weight is 320 g/mol. The SMILES string of the molecule is Clc1nc2c(ccc3sc4ccccc4c32)c2ccccc12. The van der Waals surface area contributed by atoms with Crippen LogP contribution in [0.1, 0.15) is 0 Å². The molecule has 2 heterocycles. The van der Waals surface area contributed by atoms with E-state index in [9.17, 15) is 0 Å². The van der Waals surface area contributed by atoms with E-state index >= 15 is 0 Å². The van der Waals surface area contributed by atoms with Gasteiger partial charge in [-0.05, 0) is 17.5 Å². The zero-order chi connectivity index (χ0) is 14.7. The summed E-state index contributed by atoms with van der Waals surface area (Å²) in [6.45, 7) is 0. The molecule has 3 aromatic carbocycles. The van der Waals surface area contributed by atoms with Crippen LogP contribution in [-0.2, 0) is 0 Å². The Bertz CT molecular complexity index is 1190. The van der Waals surface area contributed by atoms with Gasteiger partial charge in [0.1, 0.15) is 5.15 Å². The van der Waals surface area contributed by atoms with Crippen molar-refractivity contribution in [3.63, 3.8) is 0 Å². The number of hydrogen-bond acceptors (Lipinski definition) is 2. The first-order valence-corrected chi connectivity index (χ1v) is 8.30.